The largest absolute Gasteiger partial charge is 0.478 e. The van der Waals surface area contributed by atoms with Crippen LogP contribution in [0.3, 0.4) is 0 Å². The molecule has 0 aliphatic heterocycles. The molecule has 4 heteroatoms. The molecule has 4 nitrogen and oxygen atoms in total. The van der Waals surface area contributed by atoms with E-state index in [1.165, 1.54) is 6.92 Å². The third-order valence-electron chi connectivity index (χ3n) is 2.53. The highest BCUT2D eigenvalue weighted by Crippen LogP contribution is 2.14. The van der Waals surface area contributed by atoms with Crippen molar-refractivity contribution in [2.45, 2.75) is 52.9 Å². The molecular formula is C13H22O4. The highest BCUT2D eigenvalue weighted by molar-refractivity contribution is 5.99. The lowest BCUT2D eigenvalue weighted by Gasteiger charge is -2.08. The number of esters is 1. The number of rotatable bonds is 8. The van der Waals surface area contributed by atoms with Crippen LogP contribution in [0.5, 0.6) is 0 Å². The molecule has 0 aromatic heterocycles. The van der Waals surface area contributed by atoms with E-state index in [2.05, 4.69) is 0 Å². The van der Waals surface area contributed by atoms with Gasteiger partial charge in [0.15, 0.2) is 0 Å². The molecule has 0 fully saturated rings. The Bertz CT molecular complexity index is 292. The van der Waals surface area contributed by atoms with E-state index in [1.807, 2.05) is 13.8 Å². The molecule has 0 amide bonds. The zero-order valence-corrected chi connectivity index (χ0v) is 10.9. The summed E-state index contributed by atoms with van der Waals surface area (Å²) in [6.45, 7) is 5.86. The second-order valence-electron chi connectivity index (χ2n) is 4.00. The Morgan fingerprint density at radius 1 is 1.12 bits per heavy atom. The third-order valence-corrected chi connectivity index (χ3v) is 2.53. The first-order valence-electron chi connectivity index (χ1n) is 6.14. The molecule has 98 valence electrons. The molecule has 0 aliphatic rings. The van der Waals surface area contributed by atoms with E-state index < -0.39 is 11.9 Å². The maximum atomic E-state index is 11.6. The standard InChI is InChI=1S/C13H22O4/c1-4-6-8-11(12(14)15)10(3)13(16)17-9-7-5-2/h4-9H2,1-3H3,(H,14,15). The number of aliphatic carboxylic acids is 1. The summed E-state index contributed by atoms with van der Waals surface area (Å²) in [7, 11) is 0. The summed E-state index contributed by atoms with van der Waals surface area (Å²) in [5, 5.41) is 9.03. The van der Waals surface area contributed by atoms with Crippen LogP contribution in [0.25, 0.3) is 0 Å². The minimum absolute atomic E-state index is 0.174. The van der Waals surface area contributed by atoms with Crippen molar-refractivity contribution in [1.29, 1.82) is 0 Å². The molecule has 0 bridgehead atoms. The Morgan fingerprint density at radius 2 is 1.71 bits per heavy atom. The topological polar surface area (TPSA) is 63.6 Å². The molecule has 0 atom stereocenters. The molecule has 0 saturated carbocycles. The van der Waals surface area contributed by atoms with Gasteiger partial charge in [-0.2, -0.15) is 0 Å². The quantitative estimate of drug-likeness (QED) is 0.404. The highest BCUT2D eigenvalue weighted by atomic mass is 16.5. The lowest BCUT2D eigenvalue weighted by atomic mass is 10.0. The van der Waals surface area contributed by atoms with Crippen LogP contribution in [0.2, 0.25) is 0 Å². The normalized spacial score (nSPS) is 11.9. The fourth-order valence-corrected chi connectivity index (χ4v) is 1.35. The van der Waals surface area contributed by atoms with Crippen molar-refractivity contribution >= 4 is 11.9 Å². The summed E-state index contributed by atoms with van der Waals surface area (Å²) in [5.74, 6) is -1.53. The van der Waals surface area contributed by atoms with Crippen molar-refractivity contribution in [3.63, 3.8) is 0 Å². The average Bonchev–Trinajstić information content (AvgIpc) is 2.29. The van der Waals surface area contributed by atoms with Crippen molar-refractivity contribution in [1.82, 2.24) is 0 Å². The number of carboxylic acids is 1. The predicted molar refractivity (Wildman–Crippen MR) is 65.7 cm³/mol. The van der Waals surface area contributed by atoms with Crippen LogP contribution >= 0.6 is 0 Å². The molecule has 0 unspecified atom stereocenters. The van der Waals surface area contributed by atoms with E-state index >= 15 is 0 Å². The van der Waals surface area contributed by atoms with Gasteiger partial charge in [-0.05, 0) is 26.2 Å². The first kappa shape index (κ1) is 15.7. The number of hydrogen-bond acceptors (Lipinski definition) is 3. The summed E-state index contributed by atoms with van der Waals surface area (Å²) in [5.41, 5.74) is 0.399. The molecular weight excluding hydrogens is 220 g/mol. The van der Waals surface area contributed by atoms with E-state index in [1.54, 1.807) is 0 Å². The summed E-state index contributed by atoms with van der Waals surface area (Å²) in [6.07, 6.45) is 3.82. The monoisotopic (exact) mass is 242 g/mol. The van der Waals surface area contributed by atoms with E-state index in [-0.39, 0.29) is 11.1 Å². The molecule has 0 aromatic carbocycles. The van der Waals surface area contributed by atoms with Crippen LogP contribution in [0, 0.1) is 0 Å². The zero-order valence-electron chi connectivity index (χ0n) is 10.9. The van der Waals surface area contributed by atoms with Crippen LogP contribution in [-0.2, 0) is 14.3 Å². The Morgan fingerprint density at radius 3 is 2.18 bits per heavy atom. The van der Waals surface area contributed by atoms with Gasteiger partial charge in [0.05, 0.1) is 6.61 Å². The number of ether oxygens (including phenoxy) is 1. The van der Waals surface area contributed by atoms with Crippen LogP contribution in [-0.4, -0.2) is 23.7 Å². The average molecular weight is 242 g/mol. The number of unbranched alkanes of at least 4 members (excludes halogenated alkanes) is 2. The van der Waals surface area contributed by atoms with Gasteiger partial charge in [-0.1, -0.05) is 26.7 Å². The molecule has 0 heterocycles. The van der Waals surface area contributed by atoms with Gasteiger partial charge in [-0.25, -0.2) is 9.59 Å². The highest BCUT2D eigenvalue weighted by Gasteiger charge is 2.17. The first-order chi connectivity index (χ1) is 8.04. The molecule has 0 saturated heterocycles. The number of carbonyl (C=O) groups excluding carboxylic acids is 1. The zero-order chi connectivity index (χ0) is 13.3. The number of hydrogen-bond donors (Lipinski definition) is 1. The Hall–Kier alpha value is -1.32. The van der Waals surface area contributed by atoms with Gasteiger partial charge < -0.3 is 9.84 Å². The summed E-state index contributed by atoms with van der Waals surface area (Å²) < 4.78 is 5.00. The third kappa shape index (κ3) is 6.09. The summed E-state index contributed by atoms with van der Waals surface area (Å²) in [4.78, 5) is 22.6. The predicted octanol–water partition coefficient (Wildman–Crippen LogP) is 2.92. The second kappa shape index (κ2) is 8.79. The smallest absolute Gasteiger partial charge is 0.334 e. The molecule has 0 aromatic rings. The van der Waals surface area contributed by atoms with Crippen LogP contribution in [0.4, 0.5) is 0 Å². The van der Waals surface area contributed by atoms with Gasteiger partial charge in [0.1, 0.15) is 0 Å². The van der Waals surface area contributed by atoms with E-state index in [0.29, 0.717) is 13.0 Å². The molecule has 0 aliphatic carbocycles. The van der Waals surface area contributed by atoms with Gasteiger partial charge in [0.2, 0.25) is 0 Å². The maximum Gasteiger partial charge on any atom is 0.334 e. The maximum absolute atomic E-state index is 11.6. The van der Waals surface area contributed by atoms with Gasteiger partial charge >= 0.3 is 11.9 Å². The van der Waals surface area contributed by atoms with Crippen molar-refractivity contribution in [3.05, 3.63) is 11.1 Å². The fourth-order valence-electron chi connectivity index (χ4n) is 1.35. The van der Waals surface area contributed by atoms with E-state index in [4.69, 9.17) is 9.84 Å². The minimum Gasteiger partial charge on any atom is -0.478 e. The van der Waals surface area contributed by atoms with E-state index in [9.17, 15) is 9.59 Å². The fraction of sp³-hybridized carbons (Fsp3) is 0.692. The van der Waals surface area contributed by atoms with Gasteiger partial charge in [-0.15, -0.1) is 0 Å². The molecule has 0 rings (SSSR count). The number of carboxylic acid groups (broad SMARTS) is 1. The van der Waals surface area contributed by atoms with Crippen LogP contribution in [0.1, 0.15) is 52.9 Å². The van der Waals surface area contributed by atoms with Crippen LogP contribution in [0.15, 0.2) is 11.1 Å². The second-order valence-corrected chi connectivity index (χ2v) is 4.00. The molecule has 1 N–H and O–H groups in total. The molecule has 0 radical (unpaired) electrons. The Labute approximate surface area is 103 Å². The van der Waals surface area contributed by atoms with E-state index in [0.717, 1.165) is 25.7 Å². The Kier molecular flexibility index (Phi) is 8.11. The van der Waals surface area contributed by atoms with Crippen molar-refractivity contribution in [2.75, 3.05) is 6.61 Å². The lowest BCUT2D eigenvalue weighted by Crippen LogP contribution is -2.13. The number of carbonyl (C=O) groups is 2. The SMILES string of the molecule is CCCCOC(=O)C(C)=C(CCCC)C(=O)O. The first-order valence-corrected chi connectivity index (χ1v) is 6.14. The van der Waals surface area contributed by atoms with Crippen molar-refractivity contribution in [2.24, 2.45) is 0 Å². The molecule has 0 spiro atoms. The molecule has 17 heavy (non-hydrogen) atoms. The van der Waals surface area contributed by atoms with Gasteiger partial charge in [0, 0.05) is 11.1 Å². The lowest BCUT2D eigenvalue weighted by molar-refractivity contribution is -0.140. The van der Waals surface area contributed by atoms with Crippen LogP contribution < -0.4 is 0 Å². The minimum atomic E-state index is -1.02. The van der Waals surface area contributed by atoms with Crippen molar-refractivity contribution in [3.8, 4) is 0 Å². The Balaban J connectivity index is 4.57. The van der Waals surface area contributed by atoms with Gasteiger partial charge in [0.25, 0.3) is 0 Å². The summed E-state index contributed by atoms with van der Waals surface area (Å²) in [6, 6.07) is 0. The van der Waals surface area contributed by atoms with Crippen molar-refractivity contribution < 1.29 is 19.4 Å². The summed E-state index contributed by atoms with van der Waals surface area (Å²) >= 11 is 0. The van der Waals surface area contributed by atoms with Gasteiger partial charge in [-0.3, -0.25) is 0 Å².